The number of carbonyl (C=O) groups excluding carboxylic acids is 1. The van der Waals surface area contributed by atoms with E-state index >= 15 is 0 Å². The predicted molar refractivity (Wildman–Crippen MR) is 64.5 cm³/mol. The van der Waals surface area contributed by atoms with Gasteiger partial charge in [0.05, 0.1) is 0 Å². The minimum absolute atomic E-state index is 0.00455. The number of hydrogen-bond acceptors (Lipinski definition) is 3. The molecule has 2 N–H and O–H groups in total. The van der Waals surface area contributed by atoms with E-state index in [1.54, 1.807) is 0 Å². The first-order chi connectivity index (χ1) is 7.80. The molecular formula is C12H23FN2O2. The number of alkyl carbamates (subject to hydrolysis) is 1. The second-order valence-electron chi connectivity index (χ2n) is 5.94. The van der Waals surface area contributed by atoms with Gasteiger partial charge in [-0.3, -0.25) is 0 Å². The maximum absolute atomic E-state index is 11.9. The largest absolute Gasteiger partial charge is 0.418 e. The lowest BCUT2D eigenvalue weighted by Gasteiger charge is -2.46. The minimum Gasteiger partial charge on any atom is -0.418 e. The van der Waals surface area contributed by atoms with Gasteiger partial charge in [-0.05, 0) is 38.6 Å². The molecule has 1 aliphatic rings. The molecule has 17 heavy (non-hydrogen) atoms. The fraction of sp³-hybridized carbons (Fsp3) is 0.917. The summed E-state index contributed by atoms with van der Waals surface area (Å²) >= 11 is 0. The third-order valence-electron chi connectivity index (χ3n) is 3.48. The summed E-state index contributed by atoms with van der Waals surface area (Å²) in [5.74, 6) is 0. The molecule has 0 aliphatic heterocycles. The molecule has 1 amide bonds. The van der Waals surface area contributed by atoms with Gasteiger partial charge in [-0.2, -0.15) is 0 Å². The molecule has 1 rings (SSSR count). The topological polar surface area (TPSA) is 50.4 Å². The van der Waals surface area contributed by atoms with Crippen LogP contribution in [0.3, 0.4) is 0 Å². The second-order valence-corrected chi connectivity index (χ2v) is 5.94. The molecule has 4 nitrogen and oxygen atoms in total. The lowest BCUT2D eigenvalue weighted by molar-refractivity contribution is 0.0757. The van der Waals surface area contributed by atoms with E-state index in [0.29, 0.717) is 0 Å². The van der Waals surface area contributed by atoms with E-state index in [1.807, 2.05) is 7.05 Å². The first kappa shape index (κ1) is 14.2. The van der Waals surface area contributed by atoms with Crippen molar-refractivity contribution in [2.75, 3.05) is 13.9 Å². The average Bonchev–Trinajstić information content (AvgIpc) is 2.14. The van der Waals surface area contributed by atoms with Gasteiger partial charge < -0.3 is 15.4 Å². The molecule has 0 aromatic carbocycles. The molecule has 2 unspecified atom stereocenters. The van der Waals surface area contributed by atoms with Crippen LogP contribution in [0.4, 0.5) is 9.18 Å². The van der Waals surface area contributed by atoms with Crippen LogP contribution in [0.2, 0.25) is 0 Å². The Labute approximate surface area is 102 Å². The number of ether oxygens (including phenoxy) is 1. The Bertz CT molecular complexity index is 284. The molecule has 0 saturated heterocycles. The normalized spacial score (nSPS) is 31.9. The Balaban J connectivity index is 2.64. The fourth-order valence-corrected chi connectivity index (χ4v) is 3.03. The van der Waals surface area contributed by atoms with Gasteiger partial charge in [-0.25, -0.2) is 9.18 Å². The highest BCUT2D eigenvalue weighted by atomic mass is 19.1. The molecule has 100 valence electrons. The Hall–Kier alpha value is -0.840. The molecule has 0 heterocycles. The Morgan fingerprint density at radius 3 is 2.59 bits per heavy atom. The van der Waals surface area contributed by atoms with E-state index in [2.05, 4.69) is 36.1 Å². The molecule has 0 spiro atoms. The Morgan fingerprint density at radius 2 is 2.06 bits per heavy atom. The van der Waals surface area contributed by atoms with Crippen molar-refractivity contribution in [2.24, 2.45) is 5.41 Å². The monoisotopic (exact) mass is 246 g/mol. The summed E-state index contributed by atoms with van der Waals surface area (Å²) in [5, 5.41) is 6.03. The average molecular weight is 246 g/mol. The third kappa shape index (κ3) is 4.15. The smallest absolute Gasteiger partial charge is 0.409 e. The van der Waals surface area contributed by atoms with Crippen molar-refractivity contribution in [3.63, 3.8) is 0 Å². The molecule has 0 aromatic heterocycles. The highest BCUT2D eigenvalue weighted by Gasteiger charge is 2.40. The lowest BCUT2D eigenvalue weighted by atomic mass is 9.67. The molecule has 1 saturated carbocycles. The van der Waals surface area contributed by atoms with E-state index < -0.39 is 13.0 Å². The summed E-state index contributed by atoms with van der Waals surface area (Å²) in [6.07, 6.45) is 2.08. The molecule has 0 aromatic rings. The summed E-state index contributed by atoms with van der Waals surface area (Å²) in [5.41, 5.74) is 0.138. The van der Waals surface area contributed by atoms with Crippen LogP contribution in [-0.4, -0.2) is 31.6 Å². The van der Waals surface area contributed by atoms with Crippen LogP contribution in [0.25, 0.3) is 0 Å². The van der Waals surface area contributed by atoms with Crippen molar-refractivity contribution in [3.05, 3.63) is 0 Å². The number of rotatable bonds is 3. The van der Waals surface area contributed by atoms with Crippen LogP contribution in [0.15, 0.2) is 0 Å². The number of amides is 1. The van der Waals surface area contributed by atoms with Crippen LogP contribution in [-0.2, 0) is 4.74 Å². The Kier molecular flexibility index (Phi) is 4.36. The molecule has 2 atom stereocenters. The van der Waals surface area contributed by atoms with Crippen molar-refractivity contribution >= 4 is 6.09 Å². The van der Waals surface area contributed by atoms with E-state index in [9.17, 15) is 9.18 Å². The van der Waals surface area contributed by atoms with Crippen LogP contribution in [0, 0.1) is 5.41 Å². The fourth-order valence-electron chi connectivity index (χ4n) is 3.03. The summed E-state index contributed by atoms with van der Waals surface area (Å²) in [4.78, 5) is 11.2. The molecule has 0 bridgehead atoms. The summed E-state index contributed by atoms with van der Waals surface area (Å²) in [7, 11) is 1.93. The molecular weight excluding hydrogens is 223 g/mol. The van der Waals surface area contributed by atoms with Crippen LogP contribution < -0.4 is 10.6 Å². The van der Waals surface area contributed by atoms with Gasteiger partial charge in [0, 0.05) is 11.6 Å². The zero-order chi connectivity index (χ0) is 13.1. The molecule has 1 fully saturated rings. The summed E-state index contributed by atoms with van der Waals surface area (Å²) < 4.78 is 16.2. The van der Waals surface area contributed by atoms with E-state index in [4.69, 9.17) is 0 Å². The molecule has 5 heteroatoms. The minimum atomic E-state index is -1.08. The zero-order valence-corrected chi connectivity index (χ0v) is 11.1. The number of alkyl halides is 1. The van der Waals surface area contributed by atoms with E-state index in [0.717, 1.165) is 19.3 Å². The number of halogens is 1. The Morgan fingerprint density at radius 1 is 1.41 bits per heavy atom. The number of carbonyl (C=O) groups is 1. The van der Waals surface area contributed by atoms with Crippen LogP contribution in [0.5, 0.6) is 0 Å². The number of hydrogen-bond donors (Lipinski definition) is 2. The highest BCUT2D eigenvalue weighted by molar-refractivity contribution is 5.67. The highest BCUT2D eigenvalue weighted by Crippen LogP contribution is 2.40. The lowest BCUT2D eigenvalue weighted by Crippen LogP contribution is -2.55. The second kappa shape index (κ2) is 5.21. The first-order valence-corrected chi connectivity index (χ1v) is 5.98. The van der Waals surface area contributed by atoms with Crippen molar-refractivity contribution in [3.8, 4) is 0 Å². The van der Waals surface area contributed by atoms with Crippen molar-refractivity contribution in [2.45, 2.75) is 51.6 Å². The van der Waals surface area contributed by atoms with Crippen LogP contribution in [0.1, 0.15) is 40.0 Å². The van der Waals surface area contributed by atoms with Crippen molar-refractivity contribution < 1.29 is 13.9 Å². The van der Waals surface area contributed by atoms with E-state index in [1.165, 1.54) is 0 Å². The molecule has 0 radical (unpaired) electrons. The third-order valence-corrected chi connectivity index (χ3v) is 3.48. The summed E-state index contributed by atoms with van der Waals surface area (Å²) in [6, 6.07) is 0.0234. The van der Waals surface area contributed by atoms with Crippen molar-refractivity contribution in [1.82, 2.24) is 10.6 Å². The van der Waals surface area contributed by atoms with Gasteiger partial charge in [-0.15, -0.1) is 0 Å². The standard InChI is InChI=1S/C12H23FN2O2/c1-11(2)5-9(15-10(16)17-8-13)6-12(3,7-11)14-4/h9,14H,5-8H2,1-4H3,(H,15,16). The first-order valence-electron chi connectivity index (χ1n) is 5.98. The number of nitrogens with one attached hydrogen (secondary N) is 2. The van der Waals surface area contributed by atoms with Gasteiger partial charge >= 0.3 is 6.09 Å². The van der Waals surface area contributed by atoms with Crippen molar-refractivity contribution in [1.29, 1.82) is 0 Å². The quantitative estimate of drug-likeness (QED) is 0.802. The molecule has 1 aliphatic carbocycles. The SMILES string of the molecule is CNC1(C)CC(NC(=O)OCF)CC(C)(C)C1. The van der Waals surface area contributed by atoms with Gasteiger partial charge in [0.2, 0.25) is 6.86 Å². The maximum atomic E-state index is 11.9. The zero-order valence-electron chi connectivity index (χ0n) is 11.1. The van der Waals surface area contributed by atoms with Gasteiger partial charge in [0.15, 0.2) is 0 Å². The van der Waals surface area contributed by atoms with E-state index in [-0.39, 0.29) is 17.0 Å². The summed E-state index contributed by atoms with van der Waals surface area (Å²) in [6.45, 7) is 5.42. The van der Waals surface area contributed by atoms with Gasteiger partial charge in [-0.1, -0.05) is 13.8 Å². The van der Waals surface area contributed by atoms with Gasteiger partial charge in [0.25, 0.3) is 0 Å². The van der Waals surface area contributed by atoms with Crippen LogP contribution >= 0.6 is 0 Å². The maximum Gasteiger partial charge on any atom is 0.409 e. The predicted octanol–water partition coefficient (Wildman–Crippen LogP) is 2.20. The van der Waals surface area contributed by atoms with Gasteiger partial charge in [0.1, 0.15) is 0 Å².